The average molecular weight is 268 g/mol. The number of carbonyl (C=O) groups excluding carboxylic acids is 1. The van der Waals surface area contributed by atoms with E-state index < -0.39 is 0 Å². The van der Waals surface area contributed by atoms with Crippen LogP contribution in [0.2, 0.25) is 0 Å². The summed E-state index contributed by atoms with van der Waals surface area (Å²) in [4.78, 5) is 12.0. The first-order valence-electron chi connectivity index (χ1n) is 7.26. The van der Waals surface area contributed by atoms with Crippen LogP contribution >= 0.6 is 0 Å². The average Bonchev–Trinajstić information content (AvgIpc) is 2.73. The predicted octanol–water partition coefficient (Wildman–Crippen LogP) is 2.68. The Morgan fingerprint density at radius 1 is 1.16 bits per heavy atom. The van der Waals surface area contributed by atoms with Gasteiger partial charge in [-0.1, -0.05) is 13.8 Å². The van der Waals surface area contributed by atoms with Gasteiger partial charge in [-0.25, -0.2) is 4.79 Å². The van der Waals surface area contributed by atoms with Gasteiger partial charge in [-0.2, -0.15) is 0 Å². The molecular formula is C15H28N2O2. The van der Waals surface area contributed by atoms with E-state index in [-0.39, 0.29) is 23.3 Å². The van der Waals surface area contributed by atoms with Gasteiger partial charge in [0.05, 0.1) is 17.2 Å². The summed E-state index contributed by atoms with van der Waals surface area (Å²) >= 11 is 0. The van der Waals surface area contributed by atoms with Gasteiger partial charge in [-0.05, 0) is 51.9 Å². The van der Waals surface area contributed by atoms with Crippen LogP contribution in [-0.2, 0) is 4.74 Å². The molecule has 0 radical (unpaired) electrons. The molecule has 0 aromatic carbocycles. The van der Waals surface area contributed by atoms with Crippen molar-refractivity contribution in [1.82, 2.24) is 10.6 Å². The van der Waals surface area contributed by atoms with E-state index in [1.54, 1.807) is 0 Å². The number of ether oxygens (including phenoxy) is 1. The van der Waals surface area contributed by atoms with Crippen molar-refractivity contribution >= 4 is 6.03 Å². The normalized spacial score (nSPS) is 33.8. The SMILES string of the molecule is CC1(C)CC(NC(=O)NCC2CC2(C)C)C(C)(C)O1. The zero-order valence-corrected chi connectivity index (χ0v) is 13.1. The Hall–Kier alpha value is -0.770. The number of rotatable bonds is 3. The highest BCUT2D eigenvalue weighted by Crippen LogP contribution is 2.50. The maximum Gasteiger partial charge on any atom is 0.315 e. The number of amides is 2. The highest BCUT2D eigenvalue weighted by molar-refractivity contribution is 5.74. The zero-order chi connectivity index (χ0) is 14.5. The minimum atomic E-state index is -0.306. The Morgan fingerprint density at radius 3 is 2.16 bits per heavy atom. The second kappa shape index (κ2) is 4.37. The van der Waals surface area contributed by atoms with Crippen LogP contribution in [0.5, 0.6) is 0 Å². The molecule has 1 heterocycles. The van der Waals surface area contributed by atoms with Gasteiger partial charge in [0, 0.05) is 6.54 Å². The molecule has 0 aromatic rings. The largest absolute Gasteiger partial charge is 0.367 e. The minimum absolute atomic E-state index is 0.0645. The second-order valence-corrected chi connectivity index (χ2v) is 7.97. The smallest absolute Gasteiger partial charge is 0.315 e. The summed E-state index contributed by atoms with van der Waals surface area (Å²) in [5.74, 6) is 0.627. The molecule has 0 bridgehead atoms. The molecule has 1 saturated heterocycles. The molecule has 2 atom stereocenters. The molecule has 0 spiro atoms. The summed E-state index contributed by atoms with van der Waals surface area (Å²) in [5.41, 5.74) is -0.0648. The van der Waals surface area contributed by atoms with Gasteiger partial charge >= 0.3 is 6.03 Å². The monoisotopic (exact) mass is 268 g/mol. The van der Waals surface area contributed by atoms with Crippen LogP contribution in [0.4, 0.5) is 4.79 Å². The van der Waals surface area contributed by atoms with Crippen molar-refractivity contribution in [1.29, 1.82) is 0 Å². The molecule has 2 aliphatic rings. The Labute approximate surface area is 116 Å². The number of carbonyl (C=O) groups is 1. The van der Waals surface area contributed by atoms with E-state index in [0.29, 0.717) is 11.3 Å². The lowest BCUT2D eigenvalue weighted by molar-refractivity contribution is -0.0690. The predicted molar refractivity (Wildman–Crippen MR) is 76.1 cm³/mol. The molecule has 2 fully saturated rings. The Kier molecular flexibility index (Phi) is 3.37. The Balaban J connectivity index is 1.79. The molecule has 1 saturated carbocycles. The van der Waals surface area contributed by atoms with E-state index in [9.17, 15) is 4.79 Å². The van der Waals surface area contributed by atoms with Crippen molar-refractivity contribution in [2.75, 3.05) is 6.54 Å². The van der Waals surface area contributed by atoms with E-state index in [4.69, 9.17) is 4.74 Å². The van der Waals surface area contributed by atoms with E-state index in [2.05, 4.69) is 38.3 Å². The van der Waals surface area contributed by atoms with E-state index >= 15 is 0 Å². The molecule has 4 heteroatoms. The Bertz CT molecular complexity index is 374. The van der Waals surface area contributed by atoms with Crippen molar-refractivity contribution in [2.24, 2.45) is 11.3 Å². The third-order valence-corrected chi connectivity index (χ3v) is 4.61. The quantitative estimate of drug-likeness (QED) is 0.827. The van der Waals surface area contributed by atoms with Gasteiger partial charge in [0.25, 0.3) is 0 Å². The first kappa shape index (κ1) is 14.6. The van der Waals surface area contributed by atoms with Crippen LogP contribution in [0, 0.1) is 11.3 Å². The topological polar surface area (TPSA) is 50.4 Å². The molecule has 2 N–H and O–H groups in total. The first-order valence-corrected chi connectivity index (χ1v) is 7.26. The van der Waals surface area contributed by atoms with Crippen molar-refractivity contribution < 1.29 is 9.53 Å². The molecule has 110 valence electrons. The highest BCUT2D eigenvalue weighted by Gasteiger charge is 2.47. The number of nitrogens with one attached hydrogen (secondary N) is 2. The zero-order valence-electron chi connectivity index (χ0n) is 13.1. The molecule has 2 unspecified atom stereocenters. The second-order valence-electron chi connectivity index (χ2n) is 7.97. The van der Waals surface area contributed by atoms with Gasteiger partial charge in [0.1, 0.15) is 0 Å². The molecule has 1 aliphatic heterocycles. The van der Waals surface area contributed by atoms with Gasteiger partial charge in [-0.3, -0.25) is 0 Å². The minimum Gasteiger partial charge on any atom is -0.367 e. The van der Waals surface area contributed by atoms with Gasteiger partial charge < -0.3 is 15.4 Å². The molecule has 2 amide bonds. The molecule has 2 rings (SSSR count). The van der Waals surface area contributed by atoms with E-state index in [0.717, 1.165) is 13.0 Å². The van der Waals surface area contributed by atoms with Crippen molar-refractivity contribution in [3.8, 4) is 0 Å². The summed E-state index contributed by atoms with van der Waals surface area (Å²) in [6.07, 6.45) is 2.06. The fourth-order valence-corrected chi connectivity index (χ4v) is 3.14. The fourth-order valence-electron chi connectivity index (χ4n) is 3.14. The molecule has 0 aromatic heterocycles. The summed E-state index contributed by atoms with van der Waals surface area (Å²) < 4.78 is 5.98. The Morgan fingerprint density at radius 2 is 1.74 bits per heavy atom. The summed E-state index contributed by atoms with van der Waals surface area (Å²) in [6.45, 7) is 13.5. The number of hydrogen-bond acceptors (Lipinski definition) is 2. The number of hydrogen-bond donors (Lipinski definition) is 2. The van der Waals surface area contributed by atoms with E-state index in [1.165, 1.54) is 6.42 Å². The standard InChI is InChI=1S/C15H28N2O2/c1-13(2)7-10(13)9-16-12(18)17-11-8-14(3,4)19-15(11,5)6/h10-11H,7-9H2,1-6H3,(H2,16,17,18). The van der Waals surface area contributed by atoms with Crippen LogP contribution in [0.15, 0.2) is 0 Å². The van der Waals surface area contributed by atoms with Gasteiger partial charge in [-0.15, -0.1) is 0 Å². The molecular weight excluding hydrogens is 240 g/mol. The lowest BCUT2D eigenvalue weighted by Gasteiger charge is -2.27. The van der Waals surface area contributed by atoms with Gasteiger partial charge in [0.15, 0.2) is 0 Å². The van der Waals surface area contributed by atoms with Crippen LogP contribution < -0.4 is 10.6 Å². The molecule has 1 aliphatic carbocycles. The number of urea groups is 1. The third-order valence-electron chi connectivity index (χ3n) is 4.61. The first-order chi connectivity index (χ1) is 8.52. The summed E-state index contributed by atoms with van der Waals surface area (Å²) in [7, 11) is 0. The third kappa shape index (κ3) is 3.41. The van der Waals surface area contributed by atoms with E-state index in [1.807, 2.05) is 13.8 Å². The molecule has 19 heavy (non-hydrogen) atoms. The van der Waals surface area contributed by atoms with Crippen LogP contribution in [0.25, 0.3) is 0 Å². The lowest BCUT2D eigenvalue weighted by atomic mass is 9.95. The van der Waals surface area contributed by atoms with Crippen LogP contribution in [0.1, 0.15) is 54.4 Å². The van der Waals surface area contributed by atoms with Crippen LogP contribution in [0.3, 0.4) is 0 Å². The fraction of sp³-hybridized carbons (Fsp3) is 0.933. The maximum absolute atomic E-state index is 12.0. The van der Waals surface area contributed by atoms with Crippen LogP contribution in [-0.4, -0.2) is 29.8 Å². The lowest BCUT2D eigenvalue weighted by Crippen LogP contribution is -2.50. The molecule has 4 nitrogen and oxygen atoms in total. The highest BCUT2D eigenvalue weighted by atomic mass is 16.5. The maximum atomic E-state index is 12.0. The summed E-state index contributed by atoms with van der Waals surface area (Å²) in [5, 5.41) is 6.05. The van der Waals surface area contributed by atoms with Gasteiger partial charge in [0.2, 0.25) is 0 Å². The van der Waals surface area contributed by atoms with Crippen molar-refractivity contribution in [3.63, 3.8) is 0 Å². The van der Waals surface area contributed by atoms with Crippen molar-refractivity contribution in [2.45, 2.75) is 71.6 Å². The summed E-state index contributed by atoms with van der Waals surface area (Å²) in [6, 6.07) is -0.00297. The van der Waals surface area contributed by atoms with Crippen molar-refractivity contribution in [3.05, 3.63) is 0 Å².